The third-order valence-electron chi connectivity index (χ3n) is 2.39. The molecule has 0 amide bonds. The van der Waals surface area contributed by atoms with E-state index in [0.717, 1.165) is 23.7 Å². The highest BCUT2D eigenvalue weighted by molar-refractivity contribution is 6.31. The number of nitrogens with one attached hydrogen (secondary N) is 1. The quantitative estimate of drug-likeness (QED) is 0.466. The summed E-state index contributed by atoms with van der Waals surface area (Å²) >= 11 is 6.09. The molecule has 0 unspecified atom stereocenters. The smallest absolute Gasteiger partial charge is 0.0447 e. The van der Waals surface area contributed by atoms with E-state index < -0.39 is 0 Å². The predicted octanol–water partition coefficient (Wildman–Crippen LogP) is 4.41. The number of unbranched alkanes of at least 4 members (excludes halogenated alkanes) is 3. The second-order valence-electron chi connectivity index (χ2n) is 3.81. The second-order valence-corrected chi connectivity index (χ2v) is 4.22. The summed E-state index contributed by atoms with van der Waals surface area (Å²) in [5, 5.41) is 4.16. The second kappa shape index (κ2) is 11.0. The van der Waals surface area contributed by atoms with Crippen LogP contribution in [0.15, 0.2) is 35.4 Å². The van der Waals surface area contributed by atoms with Crippen molar-refractivity contribution in [2.45, 2.75) is 39.5 Å². The maximum Gasteiger partial charge on any atom is 0.0447 e. The van der Waals surface area contributed by atoms with Crippen LogP contribution in [0, 0.1) is 0 Å². The van der Waals surface area contributed by atoms with Gasteiger partial charge in [-0.3, -0.25) is 0 Å². The van der Waals surface area contributed by atoms with Crippen molar-refractivity contribution in [3.63, 3.8) is 0 Å². The maximum absolute atomic E-state index is 6.09. The van der Waals surface area contributed by atoms with Crippen molar-refractivity contribution < 1.29 is 0 Å². The van der Waals surface area contributed by atoms with Crippen molar-refractivity contribution in [1.82, 2.24) is 5.32 Å². The minimum absolute atomic E-state index is 0.776. The first-order valence-corrected chi connectivity index (χ1v) is 6.48. The Hall–Kier alpha value is -0.530. The fraction of sp³-hybridized carbons (Fsp3) is 0.571. The molecule has 0 aromatic carbocycles. The van der Waals surface area contributed by atoms with Gasteiger partial charge in [0.25, 0.3) is 0 Å². The molecule has 0 aliphatic rings. The summed E-state index contributed by atoms with van der Waals surface area (Å²) in [4.78, 5) is 0. The molecule has 0 heterocycles. The summed E-state index contributed by atoms with van der Waals surface area (Å²) in [6.45, 7) is 9.82. The van der Waals surface area contributed by atoms with Crippen LogP contribution in [0.3, 0.4) is 0 Å². The van der Waals surface area contributed by atoms with Gasteiger partial charge in [-0.1, -0.05) is 56.5 Å². The van der Waals surface area contributed by atoms with Crippen LogP contribution >= 0.6 is 11.6 Å². The van der Waals surface area contributed by atoms with Crippen LogP contribution < -0.4 is 5.32 Å². The summed E-state index contributed by atoms with van der Waals surface area (Å²) in [5.41, 5.74) is 1.07. The molecule has 1 nitrogen and oxygen atoms in total. The Bertz CT molecular complexity index is 241. The predicted molar refractivity (Wildman–Crippen MR) is 74.9 cm³/mol. The highest BCUT2D eigenvalue weighted by Crippen LogP contribution is 2.11. The van der Waals surface area contributed by atoms with Gasteiger partial charge in [-0.15, -0.1) is 0 Å². The van der Waals surface area contributed by atoms with Crippen LogP contribution in [-0.4, -0.2) is 13.1 Å². The maximum atomic E-state index is 6.09. The van der Waals surface area contributed by atoms with E-state index >= 15 is 0 Å². The highest BCUT2D eigenvalue weighted by atomic mass is 35.5. The Morgan fingerprint density at radius 3 is 2.62 bits per heavy atom. The fourth-order valence-corrected chi connectivity index (χ4v) is 1.68. The Balaban J connectivity index is 3.80. The van der Waals surface area contributed by atoms with Crippen molar-refractivity contribution in [3.05, 3.63) is 35.4 Å². The highest BCUT2D eigenvalue weighted by Gasteiger charge is 1.97. The van der Waals surface area contributed by atoms with Gasteiger partial charge in [0, 0.05) is 11.6 Å². The van der Waals surface area contributed by atoms with Crippen LogP contribution in [-0.2, 0) is 0 Å². The van der Waals surface area contributed by atoms with Gasteiger partial charge in [0.05, 0.1) is 0 Å². The number of hydrogen-bond acceptors (Lipinski definition) is 1. The SMILES string of the molecule is C=C/C(CNCCCCCC)=C(Cl)\C=C/C. The molecule has 0 saturated heterocycles. The van der Waals surface area contributed by atoms with E-state index in [1.807, 2.05) is 25.2 Å². The van der Waals surface area contributed by atoms with Crippen LogP contribution in [0.2, 0.25) is 0 Å². The Morgan fingerprint density at radius 1 is 1.31 bits per heavy atom. The molecule has 0 fully saturated rings. The summed E-state index contributed by atoms with van der Waals surface area (Å²) in [6, 6.07) is 0. The zero-order valence-electron chi connectivity index (χ0n) is 10.6. The van der Waals surface area contributed by atoms with E-state index in [9.17, 15) is 0 Å². The average molecular weight is 242 g/mol. The van der Waals surface area contributed by atoms with Gasteiger partial charge in [0.2, 0.25) is 0 Å². The van der Waals surface area contributed by atoms with Crippen molar-refractivity contribution in [1.29, 1.82) is 0 Å². The Labute approximate surface area is 105 Å². The molecule has 0 aliphatic heterocycles. The first kappa shape index (κ1) is 15.5. The van der Waals surface area contributed by atoms with E-state index in [-0.39, 0.29) is 0 Å². The average Bonchev–Trinajstić information content (AvgIpc) is 2.28. The molecule has 0 aromatic rings. The molecule has 2 heteroatoms. The number of halogens is 1. The van der Waals surface area contributed by atoms with Gasteiger partial charge in [-0.05, 0) is 31.5 Å². The van der Waals surface area contributed by atoms with Gasteiger partial charge in [0.1, 0.15) is 0 Å². The number of hydrogen-bond donors (Lipinski definition) is 1. The van der Waals surface area contributed by atoms with Gasteiger partial charge in [-0.2, -0.15) is 0 Å². The van der Waals surface area contributed by atoms with E-state index in [0.29, 0.717) is 0 Å². The van der Waals surface area contributed by atoms with Crippen LogP contribution in [0.1, 0.15) is 39.5 Å². The lowest BCUT2D eigenvalue weighted by atomic mass is 10.2. The summed E-state index contributed by atoms with van der Waals surface area (Å²) in [5.74, 6) is 0. The van der Waals surface area contributed by atoms with Crippen molar-refractivity contribution >= 4 is 11.6 Å². The molecule has 0 aliphatic carbocycles. The molecule has 0 bridgehead atoms. The molecule has 0 atom stereocenters. The molecule has 0 aromatic heterocycles. The zero-order valence-corrected chi connectivity index (χ0v) is 11.3. The monoisotopic (exact) mass is 241 g/mol. The van der Waals surface area contributed by atoms with Crippen LogP contribution in [0.5, 0.6) is 0 Å². The first-order valence-electron chi connectivity index (χ1n) is 6.10. The Kier molecular flexibility index (Phi) is 10.6. The van der Waals surface area contributed by atoms with E-state index in [4.69, 9.17) is 11.6 Å². The van der Waals surface area contributed by atoms with Crippen molar-refractivity contribution in [3.8, 4) is 0 Å². The molecule has 0 rings (SSSR count). The number of allylic oxidation sites excluding steroid dienone is 3. The minimum Gasteiger partial charge on any atom is -0.313 e. The van der Waals surface area contributed by atoms with Crippen molar-refractivity contribution in [2.24, 2.45) is 0 Å². The van der Waals surface area contributed by atoms with Gasteiger partial charge in [-0.25, -0.2) is 0 Å². The van der Waals surface area contributed by atoms with E-state index in [1.165, 1.54) is 25.7 Å². The zero-order chi connectivity index (χ0) is 12.2. The normalized spacial score (nSPS) is 12.9. The molecule has 0 saturated carbocycles. The lowest BCUT2D eigenvalue weighted by Gasteiger charge is -2.06. The fourth-order valence-electron chi connectivity index (χ4n) is 1.41. The first-order chi connectivity index (χ1) is 7.76. The third-order valence-corrected chi connectivity index (χ3v) is 2.76. The molecule has 1 N–H and O–H groups in total. The molecular formula is C14H24ClN. The molecule has 0 radical (unpaired) electrons. The minimum atomic E-state index is 0.776. The van der Waals surface area contributed by atoms with Crippen LogP contribution in [0.4, 0.5) is 0 Å². The number of rotatable bonds is 9. The Morgan fingerprint density at radius 2 is 2.06 bits per heavy atom. The summed E-state index contributed by atoms with van der Waals surface area (Å²) < 4.78 is 0. The largest absolute Gasteiger partial charge is 0.313 e. The molecule has 0 spiro atoms. The van der Waals surface area contributed by atoms with E-state index in [1.54, 1.807) is 0 Å². The van der Waals surface area contributed by atoms with Crippen LogP contribution in [0.25, 0.3) is 0 Å². The standard InChI is InChI=1S/C14H24ClN/c1-4-7-8-9-11-16-12-13(6-3)14(15)10-5-2/h5-6,10,16H,3-4,7-9,11-12H2,1-2H3/b10-5-,14-13-. The van der Waals surface area contributed by atoms with Crippen molar-refractivity contribution in [2.75, 3.05) is 13.1 Å². The lowest BCUT2D eigenvalue weighted by molar-refractivity contribution is 0.617. The summed E-state index contributed by atoms with van der Waals surface area (Å²) in [6.07, 6.45) is 10.8. The third kappa shape index (κ3) is 7.72. The topological polar surface area (TPSA) is 12.0 Å². The van der Waals surface area contributed by atoms with E-state index in [2.05, 4.69) is 18.8 Å². The molecular weight excluding hydrogens is 218 g/mol. The molecule has 16 heavy (non-hydrogen) atoms. The summed E-state index contributed by atoms with van der Waals surface area (Å²) in [7, 11) is 0. The molecule has 92 valence electrons. The van der Waals surface area contributed by atoms with Gasteiger partial charge < -0.3 is 5.32 Å². The lowest BCUT2D eigenvalue weighted by Crippen LogP contribution is -2.18. The van der Waals surface area contributed by atoms with Gasteiger partial charge in [0.15, 0.2) is 0 Å². The van der Waals surface area contributed by atoms with Gasteiger partial charge >= 0.3 is 0 Å².